The fourth-order valence-electron chi connectivity index (χ4n) is 8.87. The molecular formula is C78H140N8O24. The van der Waals surface area contributed by atoms with Crippen LogP contribution in [0.15, 0.2) is 0 Å². The van der Waals surface area contributed by atoms with Crippen LogP contribution in [0.1, 0.15) is 198 Å². The van der Waals surface area contributed by atoms with Crippen molar-refractivity contribution in [2.75, 3.05) is 165 Å². The second kappa shape index (κ2) is 48.2. The van der Waals surface area contributed by atoms with Crippen molar-refractivity contribution < 1.29 is 114 Å². The average molecular weight is 1570 g/mol. The molecule has 0 rings (SSSR count). The zero-order chi connectivity index (χ0) is 84.7. The number of amides is 7. The number of ether oxygens (including phenoxy) is 11. The summed E-state index contributed by atoms with van der Waals surface area (Å²) in [4.78, 5) is 172. The maximum atomic E-state index is 13.9. The van der Waals surface area contributed by atoms with E-state index in [4.69, 9.17) is 57.8 Å². The summed E-state index contributed by atoms with van der Waals surface area (Å²) in [6, 6.07) is 0. The van der Waals surface area contributed by atoms with Crippen LogP contribution in [0.4, 0.5) is 0 Å². The van der Waals surface area contributed by atoms with Crippen molar-refractivity contribution in [3.05, 3.63) is 0 Å². The Kier molecular flexibility index (Phi) is 45.1. The van der Waals surface area contributed by atoms with Gasteiger partial charge in [0.05, 0.1) is 104 Å². The molecule has 32 nitrogen and oxygen atoms in total. The van der Waals surface area contributed by atoms with Crippen molar-refractivity contribution in [2.24, 2.45) is 65.3 Å². The summed E-state index contributed by atoms with van der Waals surface area (Å²) in [6.07, 6.45) is -0.735. The van der Waals surface area contributed by atoms with Gasteiger partial charge in [-0.1, -0.05) is 55.4 Å². The van der Waals surface area contributed by atoms with Crippen molar-refractivity contribution in [2.45, 2.75) is 198 Å². The number of esters is 5. The van der Waals surface area contributed by atoms with E-state index < -0.39 is 127 Å². The fourth-order valence-corrected chi connectivity index (χ4v) is 8.87. The molecule has 32 heteroatoms. The number of nitrogens with two attached hydrogens (primary N) is 1. The zero-order valence-corrected chi connectivity index (χ0v) is 70.8. The third kappa shape index (κ3) is 48.1. The lowest BCUT2D eigenvalue weighted by Gasteiger charge is -2.35. The summed E-state index contributed by atoms with van der Waals surface area (Å²) in [5.41, 5.74) is -4.36. The topological polar surface area (TPSA) is 434 Å². The molecule has 0 aliphatic heterocycles. The molecule has 0 aliphatic carbocycles. The smallest absolute Gasteiger partial charge is 0.311 e. The standard InChI is InChI=1S/C78H140N8O24/c1-68(2,3)44-105-50-78(53-109-66(98)73(16,17)18,54-110-67(99)74(19,20)21)49-104-40-62(94)82-33-27-58(90)86-43-77(48-101-37-34-83-59(91)28-35-100-36-30-79,41-84-56(88)25-31-80-60(92)38-102-45-75(22,23)46-106-63(95)70(7,8)9)42-85-57(89)26-32-81-61(93)39-103-47-76(29-24-55(87)69(4,5)6,51-107-64(96)71(10,11)12)52-108-65(97)72(13,14)15/h24-54,79H2,1-23H3,(H,80,92)(H,81,93)(H,82,94)(H,83,91)(H,84,88)(H,85,89)(H,86,90). The first kappa shape index (κ1) is 103. The van der Waals surface area contributed by atoms with E-state index in [9.17, 15) is 62.3 Å². The second-order valence-corrected chi connectivity index (χ2v) is 36.7. The molecule has 0 heterocycles. The van der Waals surface area contributed by atoms with E-state index in [1.807, 2.05) is 34.6 Å². The van der Waals surface area contributed by atoms with Crippen LogP contribution < -0.4 is 43.0 Å². The highest BCUT2D eigenvalue weighted by molar-refractivity contribution is 5.84. The van der Waals surface area contributed by atoms with Gasteiger partial charge in [-0.25, -0.2) is 0 Å². The van der Waals surface area contributed by atoms with Gasteiger partial charge in [0.1, 0.15) is 52.0 Å². The molecule has 0 aromatic heterocycles. The number of carbonyl (C=O) groups excluding carboxylic acids is 13. The first-order chi connectivity index (χ1) is 50.4. The molecule has 7 amide bonds. The van der Waals surface area contributed by atoms with Gasteiger partial charge in [-0.05, 0) is 116 Å². The van der Waals surface area contributed by atoms with E-state index >= 15 is 0 Å². The highest BCUT2D eigenvalue weighted by Crippen LogP contribution is 2.33. The van der Waals surface area contributed by atoms with Crippen LogP contribution in [-0.4, -0.2) is 242 Å². The Hall–Kier alpha value is -6.97. The predicted molar refractivity (Wildman–Crippen MR) is 410 cm³/mol. The largest absolute Gasteiger partial charge is 0.465 e. The van der Waals surface area contributed by atoms with E-state index in [-0.39, 0.29) is 213 Å². The van der Waals surface area contributed by atoms with Crippen LogP contribution in [-0.2, 0) is 114 Å². The number of ketones is 1. The minimum atomic E-state index is -1.38. The van der Waals surface area contributed by atoms with Gasteiger partial charge in [0, 0.05) is 101 Å². The Bertz CT molecular complexity index is 2820. The van der Waals surface area contributed by atoms with Crippen LogP contribution >= 0.6 is 0 Å². The molecule has 9 N–H and O–H groups in total. The van der Waals surface area contributed by atoms with Gasteiger partial charge in [0.2, 0.25) is 41.4 Å². The number of hydrogen-bond acceptors (Lipinski definition) is 25. The normalized spacial score (nSPS) is 13.2. The van der Waals surface area contributed by atoms with E-state index in [1.165, 1.54) is 0 Å². The maximum absolute atomic E-state index is 13.9. The van der Waals surface area contributed by atoms with Crippen LogP contribution in [0, 0.1) is 59.6 Å². The monoisotopic (exact) mass is 1570 g/mol. The summed E-state index contributed by atoms with van der Waals surface area (Å²) in [5, 5.41) is 19.1. The lowest BCUT2D eigenvalue weighted by molar-refractivity contribution is -0.174. The summed E-state index contributed by atoms with van der Waals surface area (Å²) in [7, 11) is 0. The Balaban J connectivity index is 6.97. The van der Waals surface area contributed by atoms with E-state index in [0.29, 0.717) is 0 Å². The average Bonchev–Trinajstić information content (AvgIpc) is 0.844. The van der Waals surface area contributed by atoms with E-state index in [1.54, 1.807) is 125 Å². The second-order valence-electron chi connectivity index (χ2n) is 36.7. The first-order valence-corrected chi connectivity index (χ1v) is 37.8. The molecule has 0 fully saturated rings. The van der Waals surface area contributed by atoms with Crippen LogP contribution in [0.2, 0.25) is 0 Å². The number of rotatable bonds is 53. The summed E-state index contributed by atoms with van der Waals surface area (Å²) < 4.78 is 63.5. The van der Waals surface area contributed by atoms with Gasteiger partial charge >= 0.3 is 29.8 Å². The lowest BCUT2D eigenvalue weighted by atomic mass is 9.80. The van der Waals surface area contributed by atoms with Crippen LogP contribution in [0.5, 0.6) is 0 Å². The highest BCUT2D eigenvalue weighted by atomic mass is 16.6. The molecular weight excluding hydrogens is 1430 g/mol. The van der Waals surface area contributed by atoms with Crippen LogP contribution in [0.3, 0.4) is 0 Å². The molecule has 0 saturated heterocycles. The van der Waals surface area contributed by atoms with E-state index in [2.05, 4.69) is 37.2 Å². The molecule has 1 unspecified atom stereocenters. The molecule has 636 valence electrons. The molecule has 0 aliphatic rings. The van der Waals surface area contributed by atoms with Gasteiger partial charge in [0.15, 0.2) is 0 Å². The summed E-state index contributed by atoms with van der Waals surface area (Å²) in [6.45, 7) is 36.2. The third-order valence-electron chi connectivity index (χ3n) is 16.1. The van der Waals surface area contributed by atoms with Crippen molar-refractivity contribution in [1.82, 2.24) is 37.2 Å². The molecule has 0 aromatic carbocycles. The van der Waals surface area contributed by atoms with Crippen molar-refractivity contribution in [1.29, 1.82) is 0 Å². The minimum Gasteiger partial charge on any atom is -0.465 e. The first-order valence-electron chi connectivity index (χ1n) is 37.8. The Morgan fingerprint density at radius 3 is 0.936 bits per heavy atom. The van der Waals surface area contributed by atoms with Gasteiger partial charge in [-0.2, -0.15) is 0 Å². The minimum absolute atomic E-state index is 0.00110. The number of hydrogen-bond donors (Lipinski definition) is 8. The molecule has 0 saturated carbocycles. The third-order valence-corrected chi connectivity index (χ3v) is 16.1. The Morgan fingerprint density at radius 2 is 0.582 bits per heavy atom. The number of nitrogens with one attached hydrogen (secondary N) is 7. The molecule has 0 bridgehead atoms. The Labute approximate surface area is 653 Å². The van der Waals surface area contributed by atoms with Crippen molar-refractivity contribution in [3.8, 4) is 0 Å². The van der Waals surface area contributed by atoms with Gasteiger partial charge in [-0.15, -0.1) is 0 Å². The fraction of sp³-hybridized carbons (Fsp3) is 0.833. The van der Waals surface area contributed by atoms with Crippen molar-refractivity contribution in [3.63, 3.8) is 0 Å². The van der Waals surface area contributed by atoms with Gasteiger partial charge in [-0.3, -0.25) is 62.3 Å². The quantitative estimate of drug-likeness (QED) is 0.0230. The molecule has 1 atom stereocenters. The maximum Gasteiger partial charge on any atom is 0.311 e. The summed E-state index contributed by atoms with van der Waals surface area (Å²) in [5.74, 6) is -6.60. The molecule has 0 aromatic rings. The number of carbonyl (C=O) groups is 13. The predicted octanol–water partition coefficient (Wildman–Crippen LogP) is 4.79. The summed E-state index contributed by atoms with van der Waals surface area (Å²) >= 11 is 0. The zero-order valence-electron chi connectivity index (χ0n) is 70.8. The number of Topliss-reactive ketones (excluding diaryl/α,β-unsaturated/α-hetero) is 1. The highest BCUT2D eigenvalue weighted by Gasteiger charge is 2.42. The molecule has 0 radical (unpaired) electrons. The van der Waals surface area contributed by atoms with E-state index in [0.717, 1.165) is 0 Å². The lowest BCUT2D eigenvalue weighted by Crippen LogP contribution is -2.54. The van der Waals surface area contributed by atoms with Crippen molar-refractivity contribution >= 4 is 77.0 Å². The Morgan fingerprint density at radius 1 is 0.264 bits per heavy atom. The SMILES string of the molecule is CC(C)(C)COCC(COCC(=O)NCCC(=O)NCC(CNC(=O)CCNC(=O)COCC(C)(C)COC(=O)C(C)(C)C)(CNC(=O)CCNC(=O)COCC(CCC(=O)C(C)(C)C)(COC(=O)C(C)(C)C)COC(=O)C(C)(C)C)COCCNC(=O)CCOCCN)(COC(=O)C(C)(C)C)COC(=O)C(C)(C)C. The van der Waals surface area contributed by atoms with Gasteiger partial charge < -0.3 is 95.1 Å². The van der Waals surface area contributed by atoms with Gasteiger partial charge in [0.25, 0.3) is 0 Å². The molecule has 110 heavy (non-hydrogen) atoms. The van der Waals surface area contributed by atoms with Crippen LogP contribution in [0.25, 0.3) is 0 Å². The molecule has 0 spiro atoms.